The van der Waals surface area contributed by atoms with Crippen molar-refractivity contribution in [3.63, 3.8) is 0 Å². The number of ether oxygens (including phenoxy) is 2. The number of carbonyl (C=O) groups excluding carboxylic acids is 1. The summed E-state index contributed by atoms with van der Waals surface area (Å²) < 4.78 is 10.6. The molecule has 0 saturated heterocycles. The van der Waals surface area contributed by atoms with Gasteiger partial charge in [0.05, 0.1) is 24.5 Å². The Morgan fingerprint density at radius 3 is 2.36 bits per heavy atom. The van der Waals surface area contributed by atoms with Gasteiger partial charge in [0.2, 0.25) is 0 Å². The lowest BCUT2D eigenvalue weighted by Gasteiger charge is -2.34. The smallest absolute Gasteiger partial charge is 0.314 e. The van der Waals surface area contributed by atoms with E-state index in [0.717, 1.165) is 44.3 Å². The summed E-state index contributed by atoms with van der Waals surface area (Å²) >= 11 is 0. The van der Waals surface area contributed by atoms with Crippen LogP contribution in [0.3, 0.4) is 0 Å². The molecule has 1 fully saturated rings. The van der Waals surface area contributed by atoms with Crippen molar-refractivity contribution in [3.8, 4) is 17.6 Å². The van der Waals surface area contributed by atoms with Gasteiger partial charge in [-0.1, -0.05) is 32.6 Å². The van der Waals surface area contributed by atoms with Crippen molar-refractivity contribution in [3.05, 3.63) is 24.3 Å². The number of carbonyl (C=O) groups is 1. The largest absolute Gasteiger partial charge is 0.497 e. The van der Waals surface area contributed by atoms with Crippen molar-refractivity contribution in [1.82, 2.24) is 0 Å². The van der Waals surface area contributed by atoms with E-state index < -0.39 is 0 Å². The molecule has 0 heterocycles. The summed E-state index contributed by atoms with van der Waals surface area (Å²) in [4.78, 5) is 12.4. The van der Waals surface area contributed by atoms with Crippen LogP contribution in [0.25, 0.3) is 0 Å². The molecule has 0 radical (unpaired) electrons. The molecular formula is C21H29NO3. The Hall–Kier alpha value is -2.02. The number of hydrogen-bond acceptors (Lipinski definition) is 4. The first-order chi connectivity index (χ1) is 12.1. The summed E-state index contributed by atoms with van der Waals surface area (Å²) in [7, 11) is 1.60. The molecule has 0 aliphatic heterocycles. The highest BCUT2D eigenvalue weighted by Gasteiger charge is 2.37. The monoisotopic (exact) mass is 343 g/mol. The van der Waals surface area contributed by atoms with Crippen LogP contribution < -0.4 is 9.47 Å². The topological polar surface area (TPSA) is 59.3 Å². The average Bonchev–Trinajstić information content (AvgIpc) is 2.66. The molecule has 136 valence electrons. The molecule has 0 atom stereocenters. The molecule has 0 aromatic heterocycles. The zero-order valence-electron chi connectivity index (χ0n) is 15.4. The van der Waals surface area contributed by atoms with Crippen LogP contribution in [0.5, 0.6) is 11.5 Å². The van der Waals surface area contributed by atoms with Gasteiger partial charge < -0.3 is 9.47 Å². The van der Waals surface area contributed by atoms with Gasteiger partial charge in [0, 0.05) is 0 Å². The summed E-state index contributed by atoms with van der Waals surface area (Å²) in [6.07, 6.45) is 8.81. The third-order valence-corrected chi connectivity index (χ3v) is 5.30. The standard InChI is InChI=1S/C21H29NO3/c1-3-4-5-6-13-21(16-22)14-11-17(12-15-21)20(23)25-19-9-7-18(24-2)8-10-19/h7-10,17H,3-6,11-15H2,1-2H3/t17-,21-. The Morgan fingerprint density at radius 2 is 1.80 bits per heavy atom. The van der Waals surface area contributed by atoms with E-state index in [1.54, 1.807) is 31.4 Å². The minimum atomic E-state index is -0.232. The lowest BCUT2D eigenvalue weighted by atomic mass is 9.69. The van der Waals surface area contributed by atoms with Crippen LogP contribution in [0.4, 0.5) is 0 Å². The Balaban J connectivity index is 1.83. The van der Waals surface area contributed by atoms with Gasteiger partial charge in [0.15, 0.2) is 0 Å². The van der Waals surface area contributed by atoms with Gasteiger partial charge >= 0.3 is 5.97 Å². The zero-order valence-corrected chi connectivity index (χ0v) is 15.4. The van der Waals surface area contributed by atoms with Gasteiger partial charge in [-0.05, 0) is 56.4 Å². The first-order valence-corrected chi connectivity index (χ1v) is 9.39. The maximum atomic E-state index is 12.4. The van der Waals surface area contributed by atoms with Crippen molar-refractivity contribution >= 4 is 5.97 Å². The van der Waals surface area contributed by atoms with E-state index in [0.29, 0.717) is 5.75 Å². The zero-order chi connectivity index (χ0) is 18.1. The maximum absolute atomic E-state index is 12.4. The van der Waals surface area contributed by atoms with Crippen LogP contribution in [0.1, 0.15) is 64.7 Å². The van der Waals surface area contributed by atoms with Gasteiger partial charge in [-0.25, -0.2) is 0 Å². The summed E-state index contributed by atoms with van der Waals surface area (Å²) in [5, 5.41) is 9.63. The SMILES string of the molecule is CCCCCC[C@]1(C#N)CC[C@H](C(=O)Oc2ccc(OC)cc2)CC1. The number of rotatable bonds is 8. The molecule has 25 heavy (non-hydrogen) atoms. The molecule has 1 aliphatic rings. The van der Waals surface area contributed by atoms with E-state index in [4.69, 9.17) is 9.47 Å². The highest BCUT2D eigenvalue weighted by molar-refractivity contribution is 5.75. The number of unbranched alkanes of at least 4 members (excludes halogenated alkanes) is 3. The summed E-state index contributed by atoms with van der Waals surface area (Å²) in [6.45, 7) is 2.19. The van der Waals surface area contributed by atoms with Gasteiger partial charge in [0.25, 0.3) is 0 Å². The van der Waals surface area contributed by atoms with Crippen molar-refractivity contribution in [1.29, 1.82) is 5.26 Å². The molecule has 0 amide bonds. The minimum absolute atomic E-state index is 0.0979. The number of esters is 1. The maximum Gasteiger partial charge on any atom is 0.314 e. The molecule has 2 rings (SSSR count). The van der Waals surface area contributed by atoms with Crippen LogP contribution >= 0.6 is 0 Å². The van der Waals surface area contributed by atoms with Crippen LogP contribution in [-0.4, -0.2) is 13.1 Å². The molecular weight excluding hydrogens is 314 g/mol. The number of nitrogens with zero attached hydrogens (tertiary/aromatic N) is 1. The number of hydrogen-bond donors (Lipinski definition) is 0. The Labute approximate surface area is 151 Å². The molecule has 0 spiro atoms. The predicted molar refractivity (Wildman–Crippen MR) is 97.4 cm³/mol. The normalized spacial score (nSPS) is 22.8. The fraction of sp³-hybridized carbons (Fsp3) is 0.619. The van der Waals surface area contributed by atoms with Crippen LogP contribution in [0.15, 0.2) is 24.3 Å². The van der Waals surface area contributed by atoms with Gasteiger partial charge in [-0.2, -0.15) is 5.26 Å². The van der Waals surface area contributed by atoms with Crippen LogP contribution in [0, 0.1) is 22.7 Å². The molecule has 1 aromatic rings. The van der Waals surface area contributed by atoms with Gasteiger partial charge in [-0.3, -0.25) is 4.79 Å². The fourth-order valence-electron chi connectivity index (χ4n) is 3.56. The summed E-state index contributed by atoms with van der Waals surface area (Å²) in [5.41, 5.74) is -0.232. The summed E-state index contributed by atoms with van der Waals surface area (Å²) in [6, 6.07) is 9.59. The lowest BCUT2D eigenvalue weighted by molar-refractivity contribution is -0.140. The first-order valence-electron chi connectivity index (χ1n) is 9.39. The van der Waals surface area contributed by atoms with Gasteiger partial charge in [-0.15, -0.1) is 0 Å². The van der Waals surface area contributed by atoms with E-state index in [1.165, 1.54) is 19.3 Å². The van der Waals surface area contributed by atoms with Crippen molar-refractivity contribution < 1.29 is 14.3 Å². The highest BCUT2D eigenvalue weighted by atomic mass is 16.5. The number of benzene rings is 1. The molecule has 4 nitrogen and oxygen atoms in total. The number of nitriles is 1. The van der Waals surface area contributed by atoms with E-state index >= 15 is 0 Å². The third kappa shape index (κ3) is 5.49. The van der Waals surface area contributed by atoms with E-state index in [1.807, 2.05) is 0 Å². The lowest BCUT2D eigenvalue weighted by Crippen LogP contribution is -2.31. The fourth-order valence-corrected chi connectivity index (χ4v) is 3.56. The van der Waals surface area contributed by atoms with Gasteiger partial charge in [0.1, 0.15) is 11.5 Å². The molecule has 1 saturated carbocycles. The third-order valence-electron chi connectivity index (χ3n) is 5.30. The quantitative estimate of drug-likeness (QED) is 0.366. The second-order valence-corrected chi connectivity index (χ2v) is 7.07. The molecule has 4 heteroatoms. The Morgan fingerprint density at radius 1 is 1.16 bits per heavy atom. The second kappa shape index (κ2) is 9.46. The second-order valence-electron chi connectivity index (χ2n) is 7.07. The number of methoxy groups -OCH3 is 1. The highest BCUT2D eigenvalue weighted by Crippen LogP contribution is 2.42. The minimum Gasteiger partial charge on any atom is -0.497 e. The van der Waals surface area contributed by atoms with Crippen molar-refractivity contribution in [2.24, 2.45) is 11.3 Å². The predicted octanol–water partition coefficient (Wildman–Crippen LogP) is 5.27. The van der Waals surface area contributed by atoms with Crippen LogP contribution in [0.2, 0.25) is 0 Å². The van der Waals surface area contributed by atoms with Crippen molar-refractivity contribution in [2.45, 2.75) is 64.7 Å². The molecule has 0 unspecified atom stereocenters. The van der Waals surface area contributed by atoms with E-state index in [9.17, 15) is 10.1 Å². The molecule has 1 aromatic carbocycles. The summed E-state index contributed by atoms with van der Waals surface area (Å²) in [5.74, 6) is 1.00. The Bertz CT molecular complexity index is 580. The van der Waals surface area contributed by atoms with Crippen LogP contribution in [-0.2, 0) is 4.79 Å². The van der Waals surface area contributed by atoms with Crippen molar-refractivity contribution in [2.75, 3.05) is 7.11 Å². The average molecular weight is 343 g/mol. The molecule has 0 N–H and O–H groups in total. The van der Waals surface area contributed by atoms with E-state index in [2.05, 4.69) is 13.0 Å². The first kappa shape index (κ1) is 19.3. The van der Waals surface area contributed by atoms with E-state index in [-0.39, 0.29) is 17.3 Å². The molecule has 1 aliphatic carbocycles. The molecule has 0 bridgehead atoms. The Kier molecular flexibility index (Phi) is 7.31.